The molecule has 1 rings (SSSR count). The highest BCUT2D eigenvalue weighted by Crippen LogP contribution is 2.10. The largest absolute Gasteiger partial charge is 0.372 e. The van der Waals surface area contributed by atoms with Crippen LogP contribution in [0.15, 0.2) is 30.3 Å². The molecule has 0 fully saturated rings. The first-order chi connectivity index (χ1) is 8.95. The minimum absolute atomic E-state index is 0.0431. The van der Waals surface area contributed by atoms with Gasteiger partial charge in [-0.3, -0.25) is 9.59 Å². The summed E-state index contributed by atoms with van der Waals surface area (Å²) in [5.74, 6) is -0.585. The quantitative estimate of drug-likeness (QED) is 0.819. The van der Waals surface area contributed by atoms with Crippen molar-refractivity contribution >= 4 is 17.5 Å². The fourth-order valence-corrected chi connectivity index (χ4v) is 1.44. The number of rotatable bonds is 6. The van der Waals surface area contributed by atoms with Crippen molar-refractivity contribution in [2.75, 3.05) is 18.5 Å². The molecule has 0 atom stereocenters. The van der Waals surface area contributed by atoms with Gasteiger partial charge in [0, 0.05) is 12.3 Å². The molecule has 0 heterocycles. The first kappa shape index (κ1) is 15.2. The molecule has 0 saturated heterocycles. The van der Waals surface area contributed by atoms with E-state index < -0.39 is 5.54 Å². The van der Waals surface area contributed by atoms with E-state index in [4.69, 9.17) is 4.74 Å². The van der Waals surface area contributed by atoms with Crippen LogP contribution in [-0.2, 0) is 14.3 Å². The summed E-state index contributed by atoms with van der Waals surface area (Å²) in [6.45, 7) is 5.52. The zero-order valence-corrected chi connectivity index (χ0v) is 11.5. The smallest absolute Gasteiger partial charge is 0.249 e. The van der Waals surface area contributed by atoms with Gasteiger partial charge in [0.15, 0.2) is 0 Å². The summed E-state index contributed by atoms with van der Waals surface area (Å²) in [5, 5.41) is 5.38. The lowest BCUT2D eigenvalue weighted by Crippen LogP contribution is -2.53. The van der Waals surface area contributed by atoms with E-state index in [-0.39, 0.29) is 18.4 Å². The summed E-state index contributed by atoms with van der Waals surface area (Å²) < 4.78 is 5.00. The Kier molecular flexibility index (Phi) is 5.51. The molecule has 0 aliphatic rings. The molecule has 0 unspecified atom stereocenters. The van der Waals surface area contributed by atoms with E-state index in [1.165, 1.54) is 0 Å². The normalized spacial score (nSPS) is 10.9. The molecule has 0 aliphatic carbocycles. The van der Waals surface area contributed by atoms with E-state index in [0.717, 1.165) is 0 Å². The summed E-state index contributed by atoms with van der Waals surface area (Å²) in [7, 11) is 0. The second-order valence-electron chi connectivity index (χ2n) is 4.63. The standard InChI is InChI=1S/C14H20N2O3/c1-4-19-10-12(17)16-14(2,3)13(18)15-11-8-6-5-7-9-11/h5-9H,4,10H2,1-3H3,(H,15,18)(H,16,17). The van der Waals surface area contributed by atoms with Crippen molar-refractivity contribution in [3.8, 4) is 0 Å². The molecule has 0 aromatic heterocycles. The number of para-hydroxylation sites is 1. The molecule has 0 bridgehead atoms. The van der Waals surface area contributed by atoms with Crippen molar-refractivity contribution in [1.82, 2.24) is 5.32 Å². The van der Waals surface area contributed by atoms with Gasteiger partial charge < -0.3 is 15.4 Å². The van der Waals surface area contributed by atoms with Crippen molar-refractivity contribution in [2.45, 2.75) is 26.3 Å². The van der Waals surface area contributed by atoms with Crippen LogP contribution in [0.4, 0.5) is 5.69 Å². The second-order valence-corrected chi connectivity index (χ2v) is 4.63. The molecule has 104 valence electrons. The van der Waals surface area contributed by atoms with Crippen LogP contribution in [0.2, 0.25) is 0 Å². The summed E-state index contributed by atoms with van der Waals surface area (Å²) in [5.41, 5.74) is -0.302. The maximum atomic E-state index is 12.1. The molecule has 1 aromatic rings. The molecule has 2 amide bonds. The zero-order valence-electron chi connectivity index (χ0n) is 11.5. The highest BCUT2D eigenvalue weighted by Gasteiger charge is 2.29. The van der Waals surface area contributed by atoms with Crippen molar-refractivity contribution in [3.63, 3.8) is 0 Å². The van der Waals surface area contributed by atoms with Crippen LogP contribution in [0, 0.1) is 0 Å². The highest BCUT2D eigenvalue weighted by atomic mass is 16.5. The minimum Gasteiger partial charge on any atom is -0.372 e. The molecule has 0 aliphatic heterocycles. The molecule has 1 aromatic carbocycles. The van der Waals surface area contributed by atoms with Crippen molar-refractivity contribution in [3.05, 3.63) is 30.3 Å². The summed E-state index contributed by atoms with van der Waals surface area (Å²) in [6, 6.07) is 9.10. The number of nitrogens with one attached hydrogen (secondary N) is 2. The summed E-state index contributed by atoms with van der Waals surface area (Å²) >= 11 is 0. The van der Waals surface area contributed by atoms with Gasteiger partial charge in [0.05, 0.1) is 0 Å². The van der Waals surface area contributed by atoms with E-state index in [2.05, 4.69) is 10.6 Å². The van der Waals surface area contributed by atoms with Crippen LogP contribution < -0.4 is 10.6 Å². The van der Waals surface area contributed by atoms with Crippen LogP contribution in [-0.4, -0.2) is 30.6 Å². The number of carbonyl (C=O) groups excluding carboxylic acids is 2. The van der Waals surface area contributed by atoms with Gasteiger partial charge in [-0.05, 0) is 32.9 Å². The fraction of sp³-hybridized carbons (Fsp3) is 0.429. The molecule has 19 heavy (non-hydrogen) atoms. The number of carbonyl (C=O) groups is 2. The lowest BCUT2D eigenvalue weighted by molar-refractivity contribution is -0.132. The Morgan fingerprint density at radius 1 is 1.21 bits per heavy atom. The third-order valence-corrected chi connectivity index (χ3v) is 2.49. The monoisotopic (exact) mass is 264 g/mol. The van der Waals surface area contributed by atoms with Crippen molar-refractivity contribution < 1.29 is 14.3 Å². The number of amides is 2. The zero-order chi connectivity index (χ0) is 14.3. The summed E-state index contributed by atoms with van der Waals surface area (Å²) in [6.07, 6.45) is 0. The van der Waals surface area contributed by atoms with E-state index in [1.807, 2.05) is 18.2 Å². The predicted octanol–water partition coefficient (Wildman–Crippen LogP) is 1.56. The highest BCUT2D eigenvalue weighted by molar-refractivity contribution is 6.00. The van der Waals surface area contributed by atoms with Crippen molar-refractivity contribution in [2.24, 2.45) is 0 Å². The van der Waals surface area contributed by atoms with Gasteiger partial charge >= 0.3 is 0 Å². The minimum atomic E-state index is -0.996. The number of hydrogen-bond donors (Lipinski definition) is 2. The first-order valence-electron chi connectivity index (χ1n) is 6.21. The third-order valence-electron chi connectivity index (χ3n) is 2.49. The van der Waals surface area contributed by atoms with Crippen LogP contribution in [0.5, 0.6) is 0 Å². The topological polar surface area (TPSA) is 67.4 Å². The van der Waals surface area contributed by atoms with Gasteiger partial charge in [0.25, 0.3) is 0 Å². The Balaban J connectivity index is 2.56. The lowest BCUT2D eigenvalue weighted by atomic mass is 10.0. The van der Waals surface area contributed by atoms with E-state index in [1.54, 1.807) is 32.9 Å². The van der Waals surface area contributed by atoms with Gasteiger partial charge in [-0.1, -0.05) is 18.2 Å². The molecule has 0 spiro atoms. The second kappa shape index (κ2) is 6.89. The maximum absolute atomic E-state index is 12.1. The Hall–Kier alpha value is -1.88. The summed E-state index contributed by atoms with van der Waals surface area (Å²) in [4.78, 5) is 23.6. The van der Waals surface area contributed by atoms with E-state index in [0.29, 0.717) is 12.3 Å². The number of benzene rings is 1. The average Bonchev–Trinajstić information content (AvgIpc) is 2.37. The number of hydrogen-bond acceptors (Lipinski definition) is 3. The first-order valence-corrected chi connectivity index (χ1v) is 6.21. The maximum Gasteiger partial charge on any atom is 0.249 e. The molecule has 5 nitrogen and oxygen atoms in total. The molecule has 0 saturated carbocycles. The van der Waals surface area contributed by atoms with Crippen LogP contribution in [0.3, 0.4) is 0 Å². The SMILES string of the molecule is CCOCC(=O)NC(C)(C)C(=O)Nc1ccccc1. The van der Waals surface area contributed by atoms with Gasteiger partial charge in [-0.15, -0.1) is 0 Å². The van der Waals surface area contributed by atoms with Gasteiger partial charge in [-0.2, -0.15) is 0 Å². The molecule has 0 radical (unpaired) electrons. The predicted molar refractivity (Wildman–Crippen MR) is 73.8 cm³/mol. The average molecular weight is 264 g/mol. The molecule has 5 heteroatoms. The van der Waals surface area contributed by atoms with Crippen LogP contribution in [0.25, 0.3) is 0 Å². The van der Waals surface area contributed by atoms with Crippen molar-refractivity contribution in [1.29, 1.82) is 0 Å². The molecule has 2 N–H and O–H groups in total. The van der Waals surface area contributed by atoms with Gasteiger partial charge in [0.2, 0.25) is 11.8 Å². The fourth-order valence-electron chi connectivity index (χ4n) is 1.44. The lowest BCUT2D eigenvalue weighted by Gasteiger charge is -2.25. The van der Waals surface area contributed by atoms with E-state index >= 15 is 0 Å². The van der Waals surface area contributed by atoms with Gasteiger partial charge in [-0.25, -0.2) is 0 Å². The Morgan fingerprint density at radius 2 is 1.84 bits per heavy atom. The Morgan fingerprint density at radius 3 is 2.42 bits per heavy atom. The van der Waals surface area contributed by atoms with Crippen LogP contribution in [0.1, 0.15) is 20.8 Å². The number of anilines is 1. The Bertz CT molecular complexity index is 430. The van der Waals surface area contributed by atoms with Gasteiger partial charge in [0.1, 0.15) is 12.1 Å². The Labute approximate surface area is 113 Å². The molecular weight excluding hydrogens is 244 g/mol. The van der Waals surface area contributed by atoms with Crippen LogP contribution >= 0.6 is 0 Å². The van der Waals surface area contributed by atoms with E-state index in [9.17, 15) is 9.59 Å². The molecular formula is C14H20N2O3. The third kappa shape index (κ3) is 5.09. The number of ether oxygens (including phenoxy) is 1.